The molecule has 0 radical (unpaired) electrons. The molecule has 19 heavy (non-hydrogen) atoms. The standard InChI is InChI=1S/C13H15Br2N3O/c1-8-10(5-6-16)13(18(2)17-8)19-12-4-3-9(14)7-11(12)15/h3-4,7H,5-6,16H2,1-2H3. The van der Waals surface area contributed by atoms with Crippen molar-refractivity contribution in [3.05, 3.63) is 38.4 Å². The third-order valence-corrected chi connectivity index (χ3v) is 3.90. The number of ether oxygens (including phenoxy) is 1. The Morgan fingerprint density at radius 3 is 2.74 bits per heavy atom. The number of nitrogens with two attached hydrogens (primary N) is 1. The second-order valence-electron chi connectivity index (χ2n) is 4.21. The summed E-state index contributed by atoms with van der Waals surface area (Å²) in [5.41, 5.74) is 7.65. The van der Waals surface area contributed by atoms with Crippen LogP contribution in [0, 0.1) is 6.92 Å². The summed E-state index contributed by atoms with van der Waals surface area (Å²) in [5.74, 6) is 1.50. The van der Waals surface area contributed by atoms with Crippen molar-refractivity contribution in [1.29, 1.82) is 0 Å². The average Bonchev–Trinajstić information content (AvgIpc) is 2.60. The highest BCUT2D eigenvalue weighted by Gasteiger charge is 2.15. The van der Waals surface area contributed by atoms with Crippen LogP contribution in [-0.4, -0.2) is 16.3 Å². The van der Waals surface area contributed by atoms with Gasteiger partial charge in [0.2, 0.25) is 5.88 Å². The molecule has 0 spiro atoms. The molecule has 0 unspecified atom stereocenters. The molecule has 6 heteroatoms. The zero-order chi connectivity index (χ0) is 14.0. The number of rotatable bonds is 4. The van der Waals surface area contributed by atoms with Gasteiger partial charge in [-0.25, -0.2) is 4.68 Å². The maximum atomic E-state index is 5.98. The van der Waals surface area contributed by atoms with Gasteiger partial charge in [-0.3, -0.25) is 0 Å². The summed E-state index contributed by atoms with van der Waals surface area (Å²) in [7, 11) is 1.87. The van der Waals surface area contributed by atoms with E-state index < -0.39 is 0 Å². The highest BCUT2D eigenvalue weighted by atomic mass is 79.9. The summed E-state index contributed by atoms with van der Waals surface area (Å²) in [5, 5.41) is 4.38. The Balaban J connectivity index is 2.37. The Bertz CT molecular complexity index is 596. The van der Waals surface area contributed by atoms with Crippen molar-refractivity contribution in [2.45, 2.75) is 13.3 Å². The summed E-state index contributed by atoms with van der Waals surface area (Å²) >= 11 is 6.91. The summed E-state index contributed by atoms with van der Waals surface area (Å²) in [4.78, 5) is 0. The molecule has 0 aliphatic rings. The Morgan fingerprint density at radius 2 is 2.11 bits per heavy atom. The normalized spacial score (nSPS) is 10.8. The van der Waals surface area contributed by atoms with E-state index in [1.807, 2.05) is 32.2 Å². The van der Waals surface area contributed by atoms with E-state index in [0.29, 0.717) is 6.54 Å². The fourth-order valence-corrected chi connectivity index (χ4v) is 3.03. The third-order valence-electron chi connectivity index (χ3n) is 2.78. The fourth-order valence-electron chi connectivity index (χ4n) is 1.90. The van der Waals surface area contributed by atoms with E-state index in [1.165, 1.54) is 0 Å². The number of hydrogen-bond donors (Lipinski definition) is 1. The van der Waals surface area contributed by atoms with Gasteiger partial charge in [-0.2, -0.15) is 5.10 Å². The number of halogens is 2. The highest BCUT2D eigenvalue weighted by molar-refractivity contribution is 9.11. The molecule has 0 fully saturated rings. The maximum absolute atomic E-state index is 5.98. The van der Waals surface area contributed by atoms with Crippen LogP contribution in [0.3, 0.4) is 0 Å². The van der Waals surface area contributed by atoms with Crippen LogP contribution in [-0.2, 0) is 13.5 Å². The van der Waals surface area contributed by atoms with Crippen molar-refractivity contribution in [3.63, 3.8) is 0 Å². The van der Waals surface area contributed by atoms with Crippen LogP contribution < -0.4 is 10.5 Å². The van der Waals surface area contributed by atoms with Crippen LogP contribution in [0.5, 0.6) is 11.6 Å². The van der Waals surface area contributed by atoms with Gasteiger partial charge >= 0.3 is 0 Å². The van der Waals surface area contributed by atoms with Crippen LogP contribution in [0.1, 0.15) is 11.3 Å². The minimum absolute atomic E-state index is 0.574. The predicted molar refractivity (Wildman–Crippen MR) is 82.6 cm³/mol. The van der Waals surface area contributed by atoms with Crippen LogP contribution in [0.2, 0.25) is 0 Å². The lowest BCUT2D eigenvalue weighted by molar-refractivity contribution is 0.423. The lowest BCUT2D eigenvalue weighted by Crippen LogP contribution is -2.05. The predicted octanol–water partition coefficient (Wildman–Crippen LogP) is 3.55. The van der Waals surface area contributed by atoms with Gasteiger partial charge in [0.05, 0.1) is 10.2 Å². The minimum atomic E-state index is 0.574. The van der Waals surface area contributed by atoms with Gasteiger partial charge in [-0.1, -0.05) is 15.9 Å². The molecule has 0 atom stereocenters. The van der Waals surface area contributed by atoms with E-state index in [2.05, 4.69) is 37.0 Å². The zero-order valence-corrected chi connectivity index (χ0v) is 14.0. The van der Waals surface area contributed by atoms with E-state index in [9.17, 15) is 0 Å². The maximum Gasteiger partial charge on any atom is 0.221 e. The Morgan fingerprint density at radius 1 is 1.37 bits per heavy atom. The lowest BCUT2D eigenvalue weighted by atomic mass is 10.2. The second kappa shape index (κ2) is 6.07. The molecule has 1 aromatic carbocycles. The van der Waals surface area contributed by atoms with Crippen molar-refractivity contribution in [1.82, 2.24) is 9.78 Å². The van der Waals surface area contributed by atoms with E-state index in [-0.39, 0.29) is 0 Å². The molecule has 2 N–H and O–H groups in total. The Labute approximate surface area is 129 Å². The molecule has 1 heterocycles. The zero-order valence-electron chi connectivity index (χ0n) is 10.8. The van der Waals surface area contributed by atoms with E-state index in [0.717, 1.165) is 38.3 Å². The Hall–Kier alpha value is -0.850. The topological polar surface area (TPSA) is 53.1 Å². The van der Waals surface area contributed by atoms with Gasteiger partial charge < -0.3 is 10.5 Å². The number of hydrogen-bond acceptors (Lipinski definition) is 3. The number of nitrogens with zero attached hydrogens (tertiary/aromatic N) is 2. The van der Waals surface area contributed by atoms with E-state index >= 15 is 0 Å². The molecular formula is C13H15Br2N3O. The van der Waals surface area contributed by atoms with Crippen molar-refractivity contribution in [3.8, 4) is 11.6 Å². The van der Waals surface area contributed by atoms with Crippen LogP contribution in [0.25, 0.3) is 0 Å². The van der Waals surface area contributed by atoms with Crippen LogP contribution in [0.4, 0.5) is 0 Å². The number of benzene rings is 1. The molecular weight excluding hydrogens is 374 g/mol. The molecule has 2 aromatic rings. The summed E-state index contributed by atoms with van der Waals surface area (Å²) in [6.45, 7) is 2.54. The molecule has 0 bridgehead atoms. The smallest absolute Gasteiger partial charge is 0.221 e. The van der Waals surface area contributed by atoms with Gasteiger partial charge in [0.1, 0.15) is 5.75 Å². The SMILES string of the molecule is Cc1nn(C)c(Oc2ccc(Br)cc2Br)c1CCN. The second-order valence-corrected chi connectivity index (χ2v) is 5.98. The summed E-state index contributed by atoms with van der Waals surface area (Å²) in [6, 6.07) is 5.79. The largest absolute Gasteiger partial charge is 0.438 e. The minimum Gasteiger partial charge on any atom is -0.438 e. The molecule has 0 amide bonds. The first-order chi connectivity index (χ1) is 9.02. The van der Waals surface area contributed by atoms with Crippen molar-refractivity contribution >= 4 is 31.9 Å². The monoisotopic (exact) mass is 387 g/mol. The molecule has 0 saturated carbocycles. The average molecular weight is 389 g/mol. The van der Waals surface area contributed by atoms with E-state index in [1.54, 1.807) is 4.68 Å². The van der Waals surface area contributed by atoms with Crippen molar-refractivity contribution in [2.75, 3.05) is 6.54 Å². The molecule has 4 nitrogen and oxygen atoms in total. The molecule has 1 aromatic heterocycles. The number of aryl methyl sites for hydroxylation is 2. The molecule has 2 rings (SSSR count). The molecule has 0 saturated heterocycles. The van der Waals surface area contributed by atoms with Crippen LogP contribution >= 0.6 is 31.9 Å². The summed E-state index contributed by atoms with van der Waals surface area (Å²) < 4.78 is 9.61. The van der Waals surface area contributed by atoms with Crippen LogP contribution in [0.15, 0.2) is 27.1 Å². The lowest BCUT2D eigenvalue weighted by Gasteiger charge is -2.10. The van der Waals surface area contributed by atoms with Gasteiger partial charge in [0.25, 0.3) is 0 Å². The first-order valence-corrected chi connectivity index (χ1v) is 7.47. The van der Waals surface area contributed by atoms with Crippen molar-refractivity contribution < 1.29 is 4.74 Å². The third kappa shape index (κ3) is 3.19. The van der Waals surface area contributed by atoms with Gasteiger partial charge in [-0.05, 0) is 54.0 Å². The first-order valence-electron chi connectivity index (χ1n) is 5.88. The van der Waals surface area contributed by atoms with Gasteiger partial charge in [-0.15, -0.1) is 0 Å². The molecule has 102 valence electrons. The highest BCUT2D eigenvalue weighted by Crippen LogP contribution is 2.34. The van der Waals surface area contributed by atoms with Gasteiger partial charge in [0, 0.05) is 17.1 Å². The Kier molecular flexibility index (Phi) is 4.65. The quantitative estimate of drug-likeness (QED) is 0.871. The van der Waals surface area contributed by atoms with Crippen molar-refractivity contribution in [2.24, 2.45) is 12.8 Å². The first kappa shape index (κ1) is 14.6. The summed E-state index contributed by atoms with van der Waals surface area (Å²) in [6.07, 6.45) is 0.753. The fraction of sp³-hybridized carbons (Fsp3) is 0.308. The molecule has 0 aliphatic heterocycles. The molecule has 0 aliphatic carbocycles. The van der Waals surface area contributed by atoms with E-state index in [4.69, 9.17) is 10.5 Å². The number of aromatic nitrogens is 2. The van der Waals surface area contributed by atoms with Gasteiger partial charge in [0.15, 0.2) is 0 Å².